The molecule has 0 saturated carbocycles. The number of hydrogen-bond donors (Lipinski definition) is 1. The summed E-state index contributed by atoms with van der Waals surface area (Å²) in [5.74, 6) is -0.174. The summed E-state index contributed by atoms with van der Waals surface area (Å²) < 4.78 is 19.5. The van der Waals surface area contributed by atoms with Crippen molar-refractivity contribution >= 4 is 11.8 Å². The first-order valence-corrected chi connectivity index (χ1v) is 8.96. The fourth-order valence-corrected chi connectivity index (χ4v) is 3.56. The second kappa shape index (κ2) is 9.06. The van der Waals surface area contributed by atoms with Crippen LogP contribution in [0.4, 0.5) is 4.39 Å². The quantitative estimate of drug-likeness (QED) is 0.839. The monoisotopic (exact) mass is 333 g/mol. The average molecular weight is 333 g/mol. The van der Waals surface area contributed by atoms with Gasteiger partial charge in [0.2, 0.25) is 0 Å². The summed E-state index contributed by atoms with van der Waals surface area (Å²) in [6.07, 6.45) is 2.18. The lowest BCUT2D eigenvalue weighted by Gasteiger charge is -2.13. The van der Waals surface area contributed by atoms with Gasteiger partial charge in [-0.3, -0.25) is 0 Å². The molecule has 0 bridgehead atoms. The molecule has 0 amide bonds. The van der Waals surface area contributed by atoms with Crippen molar-refractivity contribution in [3.63, 3.8) is 0 Å². The van der Waals surface area contributed by atoms with Crippen LogP contribution in [0.25, 0.3) is 0 Å². The van der Waals surface area contributed by atoms with E-state index in [1.54, 1.807) is 12.1 Å². The zero-order valence-corrected chi connectivity index (χ0v) is 14.5. The minimum Gasteiger partial charge on any atom is -0.372 e. The molecular weight excluding hydrogens is 309 g/mol. The molecule has 0 radical (unpaired) electrons. The van der Waals surface area contributed by atoms with Crippen LogP contribution in [0.15, 0.2) is 52.3 Å². The molecule has 0 heterocycles. The van der Waals surface area contributed by atoms with Gasteiger partial charge in [0.05, 0.1) is 12.7 Å². The maximum atomic E-state index is 13.7. The highest BCUT2D eigenvalue weighted by Crippen LogP contribution is 2.38. The molecule has 4 heteroatoms. The first kappa shape index (κ1) is 18.0. The van der Waals surface area contributed by atoms with Crippen molar-refractivity contribution in [3.05, 3.63) is 59.4 Å². The van der Waals surface area contributed by atoms with Gasteiger partial charge in [-0.25, -0.2) is 4.39 Å². The lowest BCUT2D eigenvalue weighted by Crippen LogP contribution is -2.11. The van der Waals surface area contributed by atoms with Gasteiger partial charge in [-0.2, -0.15) is 0 Å². The molecule has 0 aliphatic heterocycles. The largest absolute Gasteiger partial charge is 0.372 e. The molecule has 23 heavy (non-hydrogen) atoms. The maximum Gasteiger partial charge on any atom is 0.137 e. The Bertz CT molecular complexity index is 633. The molecule has 1 aliphatic carbocycles. The molecule has 1 atom stereocenters. The predicted octanol–water partition coefficient (Wildman–Crippen LogP) is 4.97. The smallest absolute Gasteiger partial charge is 0.137 e. The molecule has 3 rings (SSSR count). The minimum atomic E-state index is -0.174. The number of rotatable bonds is 5. The van der Waals surface area contributed by atoms with Crippen LogP contribution in [0.5, 0.6) is 0 Å². The van der Waals surface area contributed by atoms with Gasteiger partial charge in [-0.1, -0.05) is 43.8 Å². The van der Waals surface area contributed by atoms with Gasteiger partial charge in [0, 0.05) is 16.3 Å². The average Bonchev–Trinajstić information content (AvgIpc) is 2.99. The molecule has 0 aromatic heterocycles. The van der Waals surface area contributed by atoms with Crippen molar-refractivity contribution in [2.75, 3.05) is 13.2 Å². The Kier molecular flexibility index (Phi) is 7.09. The van der Waals surface area contributed by atoms with Gasteiger partial charge in [0.25, 0.3) is 0 Å². The Balaban J connectivity index is 0.000000924. The summed E-state index contributed by atoms with van der Waals surface area (Å²) in [6, 6.07) is 13.2. The van der Waals surface area contributed by atoms with Crippen molar-refractivity contribution in [1.29, 1.82) is 0 Å². The standard InChI is InChI=1S/C17H18FNOS.C2H6/c18-15-3-1-2-4-17(15)21-13-6-7-14-12(11-13)5-8-16(14)20-10-9-19;1-2/h1-4,6-7,11,16H,5,8-10,19H2;1-2H3. The van der Waals surface area contributed by atoms with E-state index in [4.69, 9.17) is 10.5 Å². The third-order valence-electron chi connectivity index (χ3n) is 3.64. The fraction of sp³-hybridized carbons (Fsp3) is 0.368. The summed E-state index contributed by atoms with van der Waals surface area (Å²) in [5.41, 5.74) is 8.04. The summed E-state index contributed by atoms with van der Waals surface area (Å²) in [5, 5.41) is 0. The fourth-order valence-electron chi connectivity index (χ4n) is 2.66. The van der Waals surface area contributed by atoms with Crippen LogP contribution < -0.4 is 5.73 Å². The van der Waals surface area contributed by atoms with Crippen molar-refractivity contribution < 1.29 is 9.13 Å². The van der Waals surface area contributed by atoms with Crippen molar-refractivity contribution in [1.82, 2.24) is 0 Å². The topological polar surface area (TPSA) is 35.2 Å². The maximum absolute atomic E-state index is 13.7. The third-order valence-corrected chi connectivity index (χ3v) is 4.68. The third kappa shape index (κ3) is 4.56. The molecule has 2 aromatic rings. The summed E-state index contributed by atoms with van der Waals surface area (Å²) in [6.45, 7) is 5.14. The van der Waals surface area contributed by atoms with Crippen LogP contribution >= 0.6 is 11.8 Å². The van der Waals surface area contributed by atoms with Gasteiger partial charge in [-0.15, -0.1) is 0 Å². The zero-order valence-electron chi connectivity index (χ0n) is 13.7. The first-order chi connectivity index (χ1) is 11.3. The number of hydrogen-bond acceptors (Lipinski definition) is 3. The number of nitrogens with two attached hydrogens (primary N) is 1. The second-order valence-corrected chi connectivity index (χ2v) is 6.20. The van der Waals surface area contributed by atoms with E-state index in [2.05, 4.69) is 12.1 Å². The normalized spacial score (nSPS) is 15.7. The van der Waals surface area contributed by atoms with Gasteiger partial charge in [0.1, 0.15) is 5.82 Å². The SMILES string of the molecule is CC.NCCOC1CCc2cc(Sc3ccccc3F)ccc21. The molecule has 0 saturated heterocycles. The Morgan fingerprint density at radius 1 is 1.22 bits per heavy atom. The van der Waals surface area contributed by atoms with Crippen LogP contribution in [0.1, 0.15) is 37.5 Å². The number of ether oxygens (including phenoxy) is 1. The van der Waals surface area contributed by atoms with E-state index in [1.807, 2.05) is 26.0 Å². The van der Waals surface area contributed by atoms with E-state index in [0.717, 1.165) is 17.7 Å². The van der Waals surface area contributed by atoms with E-state index < -0.39 is 0 Å². The van der Waals surface area contributed by atoms with E-state index >= 15 is 0 Å². The second-order valence-electron chi connectivity index (χ2n) is 5.08. The van der Waals surface area contributed by atoms with E-state index in [1.165, 1.54) is 29.0 Å². The molecule has 2 N–H and O–H groups in total. The lowest BCUT2D eigenvalue weighted by molar-refractivity contribution is 0.0597. The minimum absolute atomic E-state index is 0.163. The molecule has 0 fully saturated rings. The summed E-state index contributed by atoms with van der Waals surface area (Å²) in [4.78, 5) is 1.73. The number of fused-ring (bicyclic) bond motifs is 1. The lowest BCUT2D eigenvalue weighted by atomic mass is 10.1. The Labute approximate surface area is 142 Å². The molecular formula is C19H24FNOS. The number of halogens is 1. The molecule has 2 nitrogen and oxygen atoms in total. The van der Waals surface area contributed by atoms with Crippen LogP contribution in [0.2, 0.25) is 0 Å². The predicted molar refractivity (Wildman–Crippen MR) is 94.4 cm³/mol. The number of benzene rings is 2. The highest BCUT2D eigenvalue weighted by Gasteiger charge is 2.23. The Morgan fingerprint density at radius 3 is 2.74 bits per heavy atom. The van der Waals surface area contributed by atoms with Crippen LogP contribution in [0, 0.1) is 5.82 Å². The summed E-state index contributed by atoms with van der Waals surface area (Å²) >= 11 is 1.46. The molecule has 1 unspecified atom stereocenters. The van der Waals surface area contributed by atoms with Crippen molar-refractivity contribution in [3.8, 4) is 0 Å². The van der Waals surface area contributed by atoms with E-state index in [9.17, 15) is 4.39 Å². The Morgan fingerprint density at radius 2 is 2.00 bits per heavy atom. The van der Waals surface area contributed by atoms with Gasteiger partial charge >= 0.3 is 0 Å². The zero-order chi connectivity index (χ0) is 16.7. The van der Waals surface area contributed by atoms with Crippen molar-refractivity contribution in [2.24, 2.45) is 5.73 Å². The molecule has 2 aromatic carbocycles. The van der Waals surface area contributed by atoms with Crippen molar-refractivity contribution in [2.45, 2.75) is 42.6 Å². The first-order valence-electron chi connectivity index (χ1n) is 8.15. The van der Waals surface area contributed by atoms with E-state index in [-0.39, 0.29) is 11.9 Å². The molecule has 0 spiro atoms. The Hall–Kier alpha value is -1.36. The van der Waals surface area contributed by atoms with Gasteiger partial charge in [0.15, 0.2) is 0 Å². The highest BCUT2D eigenvalue weighted by atomic mass is 32.2. The molecule has 124 valence electrons. The van der Waals surface area contributed by atoms with Crippen LogP contribution in [0.3, 0.4) is 0 Å². The van der Waals surface area contributed by atoms with Crippen LogP contribution in [-0.4, -0.2) is 13.2 Å². The van der Waals surface area contributed by atoms with E-state index in [0.29, 0.717) is 18.0 Å². The number of aryl methyl sites for hydroxylation is 1. The molecule has 1 aliphatic rings. The van der Waals surface area contributed by atoms with Gasteiger partial charge < -0.3 is 10.5 Å². The van der Waals surface area contributed by atoms with Gasteiger partial charge in [-0.05, 0) is 48.2 Å². The summed E-state index contributed by atoms with van der Waals surface area (Å²) in [7, 11) is 0. The highest BCUT2D eigenvalue weighted by molar-refractivity contribution is 7.99. The van der Waals surface area contributed by atoms with Crippen LogP contribution in [-0.2, 0) is 11.2 Å².